The summed E-state index contributed by atoms with van der Waals surface area (Å²) in [6, 6.07) is 7.77. The Bertz CT molecular complexity index is 429. The molecular formula is C15H24N2O3. The summed E-state index contributed by atoms with van der Waals surface area (Å²) in [6.45, 7) is 6.24. The highest BCUT2D eigenvalue weighted by atomic mass is 16.5. The van der Waals surface area contributed by atoms with Gasteiger partial charge in [0.15, 0.2) is 0 Å². The number of nitrogens with one attached hydrogen (secondary N) is 2. The molecule has 112 valence electrons. The largest absolute Gasteiger partial charge is 0.453 e. The topological polar surface area (TPSA) is 59.6 Å². The van der Waals surface area contributed by atoms with E-state index in [0.29, 0.717) is 5.69 Å². The quantitative estimate of drug-likeness (QED) is 0.837. The Morgan fingerprint density at radius 2 is 1.75 bits per heavy atom. The highest BCUT2D eigenvalue weighted by Gasteiger charge is 2.19. The molecule has 0 fully saturated rings. The van der Waals surface area contributed by atoms with Gasteiger partial charge < -0.3 is 14.8 Å². The molecule has 1 amide bonds. The van der Waals surface area contributed by atoms with Gasteiger partial charge in [0.2, 0.25) is 0 Å². The van der Waals surface area contributed by atoms with E-state index in [2.05, 4.69) is 36.1 Å². The van der Waals surface area contributed by atoms with Crippen molar-refractivity contribution in [2.45, 2.75) is 38.8 Å². The molecule has 1 aromatic carbocycles. The van der Waals surface area contributed by atoms with E-state index in [4.69, 9.17) is 4.74 Å². The van der Waals surface area contributed by atoms with Crippen LogP contribution in [0.5, 0.6) is 0 Å². The lowest BCUT2D eigenvalue weighted by Crippen LogP contribution is -2.31. The third-order valence-electron chi connectivity index (χ3n) is 3.08. The van der Waals surface area contributed by atoms with E-state index in [1.54, 1.807) is 7.11 Å². The lowest BCUT2D eigenvalue weighted by molar-refractivity contribution is 0.0128. The van der Waals surface area contributed by atoms with Gasteiger partial charge in [0.05, 0.1) is 12.7 Å². The lowest BCUT2D eigenvalue weighted by atomic mass is 10.00. The zero-order valence-corrected chi connectivity index (χ0v) is 12.8. The molecular weight excluding hydrogens is 256 g/mol. The van der Waals surface area contributed by atoms with Crippen molar-refractivity contribution in [3.8, 4) is 0 Å². The van der Waals surface area contributed by atoms with Crippen molar-refractivity contribution in [3.05, 3.63) is 24.3 Å². The molecule has 0 aliphatic carbocycles. The van der Waals surface area contributed by atoms with Crippen LogP contribution in [0.3, 0.4) is 0 Å². The number of carbonyl (C=O) groups is 1. The van der Waals surface area contributed by atoms with E-state index in [-0.39, 0.29) is 11.6 Å². The van der Waals surface area contributed by atoms with Crippen molar-refractivity contribution in [1.29, 1.82) is 0 Å². The summed E-state index contributed by atoms with van der Waals surface area (Å²) in [5.74, 6) is 0. The van der Waals surface area contributed by atoms with E-state index < -0.39 is 6.09 Å². The maximum absolute atomic E-state index is 11.1. The Kier molecular flexibility index (Phi) is 5.82. The maximum Gasteiger partial charge on any atom is 0.411 e. The molecule has 1 rings (SSSR count). The van der Waals surface area contributed by atoms with Crippen LogP contribution in [0, 0.1) is 0 Å². The standard InChI is InChI=1S/C15H24N2O3/c1-11(10-15(2,3)20-5)16-12-6-8-13(9-7-12)17-14(18)19-4/h6-9,11,16H,10H2,1-5H3,(H,17,18). The fourth-order valence-electron chi connectivity index (χ4n) is 1.97. The molecule has 0 radical (unpaired) electrons. The molecule has 1 atom stereocenters. The molecule has 0 saturated carbocycles. The van der Waals surface area contributed by atoms with Gasteiger partial charge in [0.25, 0.3) is 0 Å². The fraction of sp³-hybridized carbons (Fsp3) is 0.533. The molecule has 1 unspecified atom stereocenters. The number of benzene rings is 1. The second-order valence-electron chi connectivity index (χ2n) is 5.41. The Hall–Kier alpha value is -1.75. The minimum absolute atomic E-state index is 0.154. The molecule has 20 heavy (non-hydrogen) atoms. The van der Waals surface area contributed by atoms with Crippen molar-refractivity contribution < 1.29 is 14.3 Å². The van der Waals surface area contributed by atoms with Gasteiger partial charge in [-0.25, -0.2) is 4.79 Å². The van der Waals surface area contributed by atoms with E-state index in [1.165, 1.54) is 7.11 Å². The summed E-state index contributed by atoms with van der Waals surface area (Å²) in [7, 11) is 3.06. The van der Waals surface area contributed by atoms with E-state index in [1.807, 2.05) is 24.3 Å². The first kappa shape index (κ1) is 16.3. The molecule has 0 heterocycles. The van der Waals surface area contributed by atoms with Crippen LogP contribution < -0.4 is 10.6 Å². The number of amides is 1. The number of anilines is 2. The van der Waals surface area contributed by atoms with E-state index in [0.717, 1.165) is 12.1 Å². The van der Waals surface area contributed by atoms with Crippen LogP contribution >= 0.6 is 0 Å². The van der Waals surface area contributed by atoms with Crippen molar-refractivity contribution in [2.24, 2.45) is 0 Å². The number of ether oxygens (including phenoxy) is 2. The zero-order valence-electron chi connectivity index (χ0n) is 12.8. The average molecular weight is 280 g/mol. The summed E-state index contributed by atoms with van der Waals surface area (Å²) < 4.78 is 9.96. The number of carbonyl (C=O) groups excluding carboxylic acids is 1. The third kappa shape index (κ3) is 5.48. The Labute approximate surface area is 120 Å². The van der Waals surface area contributed by atoms with Crippen LogP contribution in [0.1, 0.15) is 27.2 Å². The van der Waals surface area contributed by atoms with Gasteiger partial charge in [-0.05, 0) is 51.5 Å². The number of hydrogen-bond acceptors (Lipinski definition) is 4. The lowest BCUT2D eigenvalue weighted by Gasteiger charge is -2.27. The second-order valence-corrected chi connectivity index (χ2v) is 5.41. The molecule has 0 saturated heterocycles. The van der Waals surface area contributed by atoms with E-state index >= 15 is 0 Å². The van der Waals surface area contributed by atoms with Gasteiger partial charge in [-0.15, -0.1) is 0 Å². The molecule has 0 spiro atoms. The molecule has 5 nitrogen and oxygen atoms in total. The highest BCUT2D eigenvalue weighted by molar-refractivity contribution is 5.84. The number of hydrogen-bond donors (Lipinski definition) is 2. The smallest absolute Gasteiger partial charge is 0.411 e. The Morgan fingerprint density at radius 1 is 1.20 bits per heavy atom. The molecule has 5 heteroatoms. The minimum atomic E-state index is -0.471. The minimum Gasteiger partial charge on any atom is -0.453 e. The zero-order chi connectivity index (χ0) is 15.2. The number of methoxy groups -OCH3 is 2. The van der Waals surface area contributed by atoms with Crippen LogP contribution in [0.2, 0.25) is 0 Å². The van der Waals surface area contributed by atoms with Gasteiger partial charge in [-0.3, -0.25) is 5.32 Å². The van der Waals surface area contributed by atoms with Gasteiger partial charge >= 0.3 is 6.09 Å². The number of rotatable bonds is 6. The average Bonchev–Trinajstić information content (AvgIpc) is 2.40. The first-order valence-corrected chi connectivity index (χ1v) is 6.63. The third-order valence-corrected chi connectivity index (χ3v) is 3.08. The van der Waals surface area contributed by atoms with Crippen LogP contribution in [-0.4, -0.2) is 32.0 Å². The van der Waals surface area contributed by atoms with Crippen molar-refractivity contribution in [2.75, 3.05) is 24.9 Å². The molecule has 2 N–H and O–H groups in total. The van der Waals surface area contributed by atoms with Gasteiger partial charge in [-0.1, -0.05) is 0 Å². The predicted molar refractivity (Wildman–Crippen MR) is 81.3 cm³/mol. The van der Waals surface area contributed by atoms with Crippen LogP contribution in [0.25, 0.3) is 0 Å². The normalized spacial score (nSPS) is 12.7. The second kappa shape index (κ2) is 7.14. The fourth-order valence-corrected chi connectivity index (χ4v) is 1.97. The van der Waals surface area contributed by atoms with Crippen LogP contribution in [-0.2, 0) is 9.47 Å². The van der Waals surface area contributed by atoms with Crippen molar-refractivity contribution in [1.82, 2.24) is 0 Å². The summed E-state index contributed by atoms with van der Waals surface area (Å²) >= 11 is 0. The van der Waals surface area contributed by atoms with Crippen molar-refractivity contribution in [3.63, 3.8) is 0 Å². The van der Waals surface area contributed by atoms with Gasteiger partial charge in [0, 0.05) is 24.5 Å². The van der Waals surface area contributed by atoms with E-state index in [9.17, 15) is 4.79 Å². The van der Waals surface area contributed by atoms with Crippen LogP contribution in [0.4, 0.5) is 16.2 Å². The summed E-state index contributed by atoms with van der Waals surface area (Å²) in [6.07, 6.45) is 0.423. The monoisotopic (exact) mass is 280 g/mol. The van der Waals surface area contributed by atoms with Gasteiger partial charge in [0.1, 0.15) is 0 Å². The Balaban J connectivity index is 2.55. The summed E-state index contributed by atoms with van der Waals surface area (Å²) in [4.78, 5) is 11.1. The summed E-state index contributed by atoms with van der Waals surface area (Å²) in [5.41, 5.74) is 1.55. The molecule has 0 aliphatic rings. The predicted octanol–water partition coefficient (Wildman–Crippen LogP) is 3.48. The van der Waals surface area contributed by atoms with Crippen LogP contribution in [0.15, 0.2) is 24.3 Å². The maximum atomic E-state index is 11.1. The first-order chi connectivity index (χ1) is 9.36. The van der Waals surface area contributed by atoms with Gasteiger partial charge in [-0.2, -0.15) is 0 Å². The first-order valence-electron chi connectivity index (χ1n) is 6.63. The highest BCUT2D eigenvalue weighted by Crippen LogP contribution is 2.20. The molecule has 0 bridgehead atoms. The molecule has 1 aromatic rings. The summed E-state index contributed by atoms with van der Waals surface area (Å²) in [5, 5.41) is 6.01. The molecule has 0 aliphatic heterocycles. The SMILES string of the molecule is COC(=O)Nc1ccc(NC(C)CC(C)(C)OC)cc1. The van der Waals surface area contributed by atoms with Crippen molar-refractivity contribution >= 4 is 17.5 Å². The Morgan fingerprint density at radius 3 is 2.25 bits per heavy atom. The molecule has 0 aromatic heterocycles.